The molecule has 0 unspecified atom stereocenters. The molecule has 1 aliphatic rings. The van der Waals surface area contributed by atoms with Gasteiger partial charge in [-0.25, -0.2) is 0 Å². The number of ether oxygens (including phenoxy) is 1. The van der Waals surface area contributed by atoms with Crippen LogP contribution in [-0.4, -0.2) is 39.3 Å². The Kier molecular flexibility index (Phi) is 7.12. The quantitative estimate of drug-likeness (QED) is 0.456. The van der Waals surface area contributed by atoms with Crippen molar-refractivity contribution in [2.45, 2.75) is 19.3 Å². The lowest BCUT2D eigenvalue weighted by atomic mass is 10.1. The second-order valence-electron chi connectivity index (χ2n) is 5.66. The predicted octanol–water partition coefficient (Wildman–Crippen LogP) is 2.26. The van der Waals surface area contributed by atoms with Gasteiger partial charge in [-0.05, 0) is 43.5 Å². The molecule has 0 aromatic heterocycles. The SMILES string of the molecule is COCCNC(=O)/C(C#N)=C\Nc1ccc(N2CCCCC2)cc1. The number of piperidine rings is 1. The minimum absolute atomic E-state index is 0.0335. The van der Waals surface area contributed by atoms with Gasteiger partial charge in [0.1, 0.15) is 11.6 Å². The molecule has 1 amide bonds. The molecule has 6 heteroatoms. The van der Waals surface area contributed by atoms with Gasteiger partial charge in [-0.15, -0.1) is 0 Å². The molecular weight excluding hydrogens is 304 g/mol. The van der Waals surface area contributed by atoms with Crippen LogP contribution in [0.15, 0.2) is 36.0 Å². The van der Waals surface area contributed by atoms with E-state index in [0.717, 1.165) is 18.8 Å². The summed E-state index contributed by atoms with van der Waals surface area (Å²) in [4.78, 5) is 14.2. The van der Waals surface area contributed by atoms with Crippen LogP contribution < -0.4 is 15.5 Å². The van der Waals surface area contributed by atoms with Crippen LogP contribution in [-0.2, 0) is 9.53 Å². The highest BCUT2D eigenvalue weighted by Crippen LogP contribution is 2.21. The van der Waals surface area contributed by atoms with Crippen LogP contribution in [0.25, 0.3) is 0 Å². The number of nitrogens with zero attached hydrogens (tertiary/aromatic N) is 2. The first-order valence-electron chi connectivity index (χ1n) is 8.23. The molecule has 1 aromatic carbocycles. The third-order valence-corrected chi connectivity index (χ3v) is 3.93. The number of nitrogens with one attached hydrogen (secondary N) is 2. The van der Waals surface area contributed by atoms with Crippen molar-refractivity contribution in [3.05, 3.63) is 36.0 Å². The average molecular weight is 328 g/mol. The van der Waals surface area contributed by atoms with Gasteiger partial charge in [-0.3, -0.25) is 4.79 Å². The molecule has 0 radical (unpaired) electrons. The number of rotatable bonds is 7. The molecule has 2 rings (SSSR count). The minimum atomic E-state index is -0.410. The Hall–Kier alpha value is -2.52. The Morgan fingerprint density at radius 2 is 2.00 bits per heavy atom. The lowest BCUT2D eigenvalue weighted by molar-refractivity contribution is -0.117. The molecule has 1 heterocycles. The summed E-state index contributed by atoms with van der Waals surface area (Å²) in [6.07, 6.45) is 5.22. The molecule has 128 valence electrons. The number of hydrogen-bond acceptors (Lipinski definition) is 5. The van der Waals surface area contributed by atoms with E-state index in [1.807, 2.05) is 18.2 Å². The fourth-order valence-corrected chi connectivity index (χ4v) is 2.59. The minimum Gasteiger partial charge on any atom is -0.383 e. The standard InChI is InChI=1S/C18H24N4O2/c1-24-12-9-20-18(23)15(13-19)14-21-16-5-7-17(8-6-16)22-10-3-2-4-11-22/h5-8,14,21H,2-4,9-12H2,1H3,(H,20,23)/b15-14-. The number of nitriles is 1. The van der Waals surface area contributed by atoms with Crippen molar-refractivity contribution >= 4 is 17.3 Å². The summed E-state index contributed by atoms with van der Waals surface area (Å²) in [5.41, 5.74) is 2.08. The predicted molar refractivity (Wildman–Crippen MR) is 94.7 cm³/mol. The van der Waals surface area contributed by atoms with E-state index in [9.17, 15) is 4.79 Å². The van der Waals surface area contributed by atoms with Crippen molar-refractivity contribution in [2.75, 3.05) is 43.6 Å². The van der Waals surface area contributed by atoms with Crippen molar-refractivity contribution in [1.82, 2.24) is 5.32 Å². The van der Waals surface area contributed by atoms with E-state index in [4.69, 9.17) is 10.00 Å². The van der Waals surface area contributed by atoms with Crippen LogP contribution in [0.1, 0.15) is 19.3 Å². The summed E-state index contributed by atoms with van der Waals surface area (Å²) >= 11 is 0. The Bertz CT molecular complexity index is 598. The third kappa shape index (κ3) is 5.28. The molecule has 1 saturated heterocycles. The number of hydrogen-bond donors (Lipinski definition) is 2. The summed E-state index contributed by atoms with van der Waals surface area (Å²) in [6.45, 7) is 2.99. The lowest BCUT2D eigenvalue weighted by Gasteiger charge is -2.28. The molecule has 24 heavy (non-hydrogen) atoms. The van der Waals surface area contributed by atoms with Gasteiger partial charge < -0.3 is 20.3 Å². The van der Waals surface area contributed by atoms with Gasteiger partial charge in [0.2, 0.25) is 0 Å². The Labute approximate surface area is 143 Å². The maximum absolute atomic E-state index is 11.8. The van der Waals surface area contributed by atoms with Crippen molar-refractivity contribution < 1.29 is 9.53 Å². The van der Waals surface area contributed by atoms with E-state index >= 15 is 0 Å². The Morgan fingerprint density at radius 3 is 2.62 bits per heavy atom. The monoisotopic (exact) mass is 328 g/mol. The van der Waals surface area contributed by atoms with E-state index in [1.54, 1.807) is 7.11 Å². The molecule has 2 N–H and O–H groups in total. The van der Waals surface area contributed by atoms with Gasteiger partial charge in [-0.1, -0.05) is 0 Å². The second-order valence-corrected chi connectivity index (χ2v) is 5.66. The first-order chi connectivity index (χ1) is 11.7. The van der Waals surface area contributed by atoms with Crippen LogP contribution in [0.5, 0.6) is 0 Å². The zero-order chi connectivity index (χ0) is 17.2. The van der Waals surface area contributed by atoms with Gasteiger partial charge >= 0.3 is 0 Å². The van der Waals surface area contributed by atoms with E-state index in [0.29, 0.717) is 13.2 Å². The average Bonchev–Trinajstić information content (AvgIpc) is 2.64. The van der Waals surface area contributed by atoms with E-state index in [2.05, 4.69) is 27.7 Å². The van der Waals surface area contributed by atoms with Gasteiger partial charge in [0, 0.05) is 44.3 Å². The molecule has 1 fully saturated rings. The van der Waals surface area contributed by atoms with Gasteiger partial charge in [-0.2, -0.15) is 5.26 Å². The van der Waals surface area contributed by atoms with Crippen molar-refractivity contribution in [2.24, 2.45) is 0 Å². The highest BCUT2D eigenvalue weighted by molar-refractivity contribution is 5.97. The number of carbonyl (C=O) groups excluding carboxylic acids is 1. The third-order valence-electron chi connectivity index (χ3n) is 3.93. The summed E-state index contributed by atoms with van der Waals surface area (Å²) in [5.74, 6) is -0.410. The fourth-order valence-electron chi connectivity index (χ4n) is 2.59. The smallest absolute Gasteiger partial charge is 0.263 e. The molecular formula is C18H24N4O2. The number of methoxy groups -OCH3 is 1. The molecule has 0 saturated carbocycles. The Balaban J connectivity index is 1.91. The second kappa shape index (κ2) is 9.58. The van der Waals surface area contributed by atoms with Crippen molar-refractivity contribution in [3.8, 4) is 6.07 Å². The maximum atomic E-state index is 11.8. The molecule has 1 aliphatic heterocycles. The summed E-state index contributed by atoms with van der Waals surface area (Å²) in [7, 11) is 1.56. The first kappa shape index (κ1) is 17.8. The topological polar surface area (TPSA) is 77.4 Å². The number of benzene rings is 1. The van der Waals surface area contributed by atoms with Gasteiger partial charge in [0.25, 0.3) is 5.91 Å². The molecule has 6 nitrogen and oxygen atoms in total. The highest BCUT2D eigenvalue weighted by Gasteiger charge is 2.11. The largest absolute Gasteiger partial charge is 0.383 e. The van der Waals surface area contributed by atoms with E-state index in [1.165, 1.54) is 31.1 Å². The van der Waals surface area contributed by atoms with Crippen LogP contribution >= 0.6 is 0 Å². The van der Waals surface area contributed by atoms with E-state index in [-0.39, 0.29) is 5.57 Å². The highest BCUT2D eigenvalue weighted by atomic mass is 16.5. The molecule has 0 bridgehead atoms. The van der Waals surface area contributed by atoms with Crippen molar-refractivity contribution in [3.63, 3.8) is 0 Å². The zero-order valence-electron chi connectivity index (χ0n) is 14.0. The molecule has 0 atom stereocenters. The summed E-state index contributed by atoms with van der Waals surface area (Å²) in [6, 6.07) is 9.94. The van der Waals surface area contributed by atoms with Crippen LogP contribution in [0.2, 0.25) is 0 Å². The first-order valence-corrected chi connectivity index (χ1v) is 8.23. The van der Waals surface area contributed by atoms with Crippen molar-refractivity contribution in [1.29, 1.82) is 5.26 Å². The van der Waals surface area contributed by atoms with Gasteiger partial charge in [0.15, 0.2) is 0 Å². The lowest BCUT2D eigenvalue weighted by Crippen LogP contribution is -2.29. The normalized spacial score (nSPS) is 14.8. The number of carbonyl (C=O) groups is 1. The van der Waals surface area contributed by atoms with Crippen LogP contribution in [0, 0.1) is 11.3 Å². The van der Waals surface area contributed by atoms with Crippen LogP contribution in [0.3, 0.4) is 0 Å². The Morgan fingerprint density at radius 1 is 1.29 bits per heavy atom. The molecule has 1 aromatic rings. The number of amides is 1. The fraction of sp³-hybridized carbons (Fsp3) is 0.444. The maximum Gasteiger partial charge on any atom is 0.263 e. The van der Waals surface area contributed by atoms with Gasteiger partial charge in [0.05, 0.1) is 6.61 Å². The summed E-state index contributed by atoms with van der Waals surface area (Å²) < 4.78 is 4.86. The summed E-state index contributed by atoms with van der Waals surface area (Å²) in [5, 5.41) is 14.7. The number of anilines is 2. The zero-order valence-corrected chi connectivity index (χ0v) is 14.0. The van der Waals surface area contributed by atoms with Crippen LogP contribution in [0.4, 0.5) is 11.4 Å². The molecule has 0 aliphatic carbocycles. The molecule has 0 spiro atoms. The van der Waals surface area contributed by atoms with E-state index < -0.39 is 5.91 Å².